The number of nitriles is 1. The first-order valence-corrected chi connectivity index (χ1v) is 6.55. The van der Waals surface area contributed by atoms with E-state index in [1.54, 1.807) is 0 Å². The molecular weight excluding hydrogens is 224 g/mol. The van der Waals surface area contributed by atoms with Gasteiger partial charge in [-0.15, -0.1) is 0 Å². The van der Waals surface area contributed by atoms with Crippen LogP contribution in [0.5, 0.6) is 0 Å². The molecular formula is C15H18N2O. The van der Waals surface area contributed by atoms with E-state index in [9.17, 15) is 10.4 Å². The van der Waals surface area contributed by atoms with Crippen LogP contribution in [0.2, 0.25) is 0 Å². The highest BCUT2D eigenvalue weighted by molar-refractivity contribution is 5.38. The molecule has 3 heteroatoms. The third-order valence-electron chi connectivity index (χ3n) is 4.55. The third kappa shape index (κ3) is 1.50. The van der Waals surface area contributed by atoms with Crippen molar-refractivity contribution in [3.05, 3.63) is 35.4 Å². The fourth-order valence-electron chi connectivity index (χ4n) is 3.64. The summed E-state index contributed by atoms with van der Waals surface area (Å²) in [5.41, 5.74) is 1.25. The predicted octanol–water partition coefficient (Wildman–Crippen LogP) is 1.52. The normalized spacial score (nSPS) is 35.4. The molecule has 1 heterocycles. The summed E-state index contributed by atoms with van der Waals surface area (Å²) in [5.74, 6) is -0.154. The number of benzene rings is 1. The van der Waals surface area contributed by atoms with Gasteiger partial charge >= 0.3 is 0 Å². The lowest BCUT2D eigenvalue weighted by molar-refractivity contribution is -0.110. The quantitative estimate of drug-likeness (QED) is 0.750. The van der Waals surface area contributed by atoms with Gasteiger partial charge in [0.1, 0.15) is 5.60 Å². The van der Waals surface area contributed by atoms with E-state index in [1.807, 2.05) is 25.2 Å². The SMILES string of the molecule is CN1C[C@@H]2CCc3ccccc3[C@@]2(O)[C@H](C#N)C1. The van der Waals surface area contributed by atoms with E-state index in [0.29, 0.717) is 6.54 Å². The molecule has 0 spiro atoms. The van der Waals surface area contributed by atoms with Crippen molar-refractivity contribution in [2.75, 3.05) is 20.1 Å². The number of nitrogens with zero attached hydrogens (tertiary/aromatic N) is 2. The average molecular weight is 242 g/mol. The Morgan fingerprint density at radius 3 is 2.94 bits per heavy atom. The average Bonchev–Trinajstić information content (AvgIpc) is 2.39. The van der Waals surface area contributed by atoms with Crippen molar-refractivity contribution in [2.24, 2.45) is 11.8 Å². The van der Waals surface area contributed by atoms with E-state index in [2.05, 4.69) is 17.0 Å². The largest absolute Gasteiger partial charge is 0.383 e. The van der Waals surface area contributed by atoms with E-state index < -0.39 is 5.60 Å². The van der Waals surface area contributed by atoms with E-state index in [0.717, 1.165) is 24.9 Å². The van der Waals surface area contributed by atoms with Gasteiger partial charge in [0.05, 0.1) is 12.0 Å². The molecule has 1 fully saturated rings. The first-order chi connectivity index (χ1) is 8.66. The van der Waals surface area contributed by atoms with Crippen LogP contribution in [0.1, 0.15) is 17.5 Å². The fraction of sp³-hybridized carbons (Fsp3) is 0.533. The van der Waals surface area contributed by atoms with Crippen LogP contribution in [-0.4, -0.2) is 30.1 Å². The Balaban J connectivity index is 2.12. The molecule has 0 bridgehead atoms. The highest BCUT2D eigenvalue weighted by Crippen LogP contribution is 2.47. The second-order valence-corrected chi connectivity index (χ2v) is 5.62. The minimum absolute atomic E-state index is 0.177. The van der Waals surface area contributed by atoms with E-state index in [4.69, 9.17) is 0 Å². The molecule has 0 aromatic heterocycles. The lowest BCUT2D eigenvalue weighted by Crippen LogP contribution is -2.56. The molecule has 3 nitrogen and oxygen atoms in total. The molecule has 1 aromatic rings. The smallest absolute Gasteiger partial charge is 0.111 e. The Kier molecular flexibility index (Phi) is 2.65. The lowest BCUT2D eigenvalue weighted by atomic mass is 9.63. The summed E-state index contributed by atoms with van der Waals surface area (Å²) in [6.07, 6.45) is 1.98. The van der Waals surface area contributed by atoms with Crippen molar-refractivity contribution in [1.29, 1.82) is 5.26 Å². The van der Waals surface area contributed by atoms with Crippen LogP contribution in [0.4, 0.5) is 0 Å². The topological polar surface area (TPSA) is 47.3 Å². The Labute approximate surface area is 108 Å². The third-order valence-corrected chi connectivity index (χ3v) is 4.55. The van der Waals surface area contributed by atoms with Gasteiger partial charge in [-0.3, -0.25) is 0 Å². The van der Waals surface area contributed by atoms with E-state index >= 15 is 0 Å². The number of aliphatic hydroxyl groups is 1. The van der Waals surface area contributed by atoms with Crippen molar-refractivity contribution < 1.29 is 5.11 Å². The number of piperidine rings is 1. The van der Waals surface area contributed by atoms with Gasteiger partial charge in [-0.05, 0) is 31.0 Å². The zero-order valence-corrected chi connectivity index (χ0v) is 10.6. The molecule has 0 radical (unpaired) electrons. The second-order valence-electron chi connectivity index (χ2n) is 5.62. The maximum absolute atomic E-state index is 11.2. The molecule has 3 atom stereocenters. The van der Waals surface area contributed by atoms with Crippen molar-refractivity contribution in [3.63, 3.8) is 0 Å². The van der Waals surface area contributed by atoms with Crippen molar-refractivity contribution in [3.8, 4) is 6.07 Å². The molecule has 0 saturated carbocycles. The fourth-order valence-corrected chi connectivity index (χ4v) is 3.64. The molecule has 1 aromatic carbocycles. The molecule has 1 N–H and O–H groups in total. The van der Waals surface area contributed by atoms with Crippen molar-refractivity contribution in [2.45, 2.75) is 18.4 Å². The molecule has 0 unspecified atom stereocenters. The summed E-state index contributed by atoms with van der Waals surface area (Å²) in [6.45, 7) is 1.53. The summed E-state index contributed by atoms with van der Waals surface area (Å²) < 4.78 is 0. The van der Waals surface area contributed by atoms with Crippen molar-refractivity contribution in [1.82, 2.24) is 4.90 Å². The number of hydrogen-bond acceptors (Lipinski definition) is 3. The monoisotopic (exact) mass is 242 g/mol. The van der Waals surface area contributed by atoms with Gasteiger partial charge in [0.15, 0.2) is 0 Å². The van der Waals surface area contributed by atoms with E-state index in [1.165, 1.54) is 5.56 Å². The zero-order valence-electron chi connectivity index (χ0n) is 10.6. The molecule has 1 aliphatic heterocycles. The van der Waals surface area contributed by atoms with Crippen LogP contribution < -0.4 is 0 Å². The molecule has 0 amide bonds. The minimum atomic E-state index is -0.948. The number of likely N-dealkylation sites (tertiary alicyclic amines) is 1. The van der Waals surface area contributed by atoms with Gasteiger partial charge in [0, 0.05) is 19.0 Å². The van der Waals surface area contributed by atoms with Gasteiger partial charge in [-0.25, -0.2) is 0 Å². The maximum Gasteiger partial charge on any atom is 0.111 e. The van der Waals surface area contributed by atoms with Gasteiger partial charge in [-0.2, -0.15) is 5.26 Å². The van der Waals surface area contributed by atoms with Crippen LogP contribution in [0.3, 0.4) is 0 Å². The Bertz CT molecular complexity index is 507. The van der Waals surface area contributed by atoms with Crippen LogP contribution in [-0.2, 0) is 12.0 Å². The highest BCUT2D eigenvalue weighted by Gasteiger charge is 2.51. The summed E-state index contributed by atoms with van der Waals surface area (Å²) in [7, 11) is 2.03. The van der Waals surface area contributed by atoms with Crippen LogP contribution >= 0.6 is 0 Å². The standard InChI is InChI=1S/C15H18N2O/c1-17-9-12-7-6-11-4-2-3-5-14(11)15(12,18)13(8-16)10-17/h2-5,12-13,18H,6-7,9-10H2,1H3/t12-,13+,15-/m0/s1. The summed E-state index contributed by atoms with van der Waals surface area (Å²) >= 11 is 0. The number of aryl methyl sites for hydroxylation is 1. The van der Waals surface area contributed by atoms with Crippen LogP contribution in [0.25, 0.3) is 0 Å². The lowest BCUT2D eigenvalue weighted by Gasteiger charge is -2.50. The summed E-state index contributed by atoms with van der Waals surface area (Å²) in [4.78, 5) is 2.17. The predicted molar refractivity (Wildman–Crippen MR) is 68.7 cm³/mol. The second kappa shape index (κ2) is 4.08. The molecule has 2 aliphatic rings. The summed E-state index contributed by atoms with van der Waals surface area (Å²) in [5, 5.41) is 20.6. The Hall–Kier alpha value is -1.37. The molecule has 3 rings (SSSR count). The first-order valence-electron chi connectivity index (χ1n) is 6.55. The first kappa shape index (κ1) is 11.7. The van der Waals surface area contributed by atoms with Crippen LogP contribution in [0.15, 0.2) is 24.3 Å². The van der Waals surface area contributed by atoms with Gasteiger partial charge in [-0.1, -0.05) is 24.3 Å². The Morgan fingerprint density at radius 1 is 1.39 bits per heavy atom. The molecule has 1 aliphatic carbocycles. The minimum Gasteiger partial charge on any atom is -0.383 e. The van der Waals surface area contributed by atoms with Gasteiger partial charge in [0.25, 0.3) is 0 Å². The molecule has 94 valence electrons. The molecule has 18 heavy (non-hydrogen) atoms. The number of rotatable bonds is 0. The van der Waals surface area contributed by atoms with Crippen molar-refractivity contribution >= 4 is 0 Å². The highest BCUT2D eigenvalue weighted by atomic mass is 16.3. The number of hydrogen-bond donors (Lipinski definition) is 1. The number of fused-ring (bicyclic) bond motifs is 3. The van der Waals surface area contributed by atoms with E-state index in [-0.39, 0.29) is 11.8 Å². The summed E-state index contributed by atoms with van der Waals surface area (Å²) in [6, 6.07) is 10.4. The van der Waals surface area contributed by atoms with Crippen LogP contribution in [0, 0.1) is 23.2 Å². The van der Waals surface area contributed by atoms with Gasteiger partial charge in [0.2, 0.25) is 0 Å². The maximum atomic E-state index is 11.2. The van der Waals surface area contributed by atoms with Gasteiger partial charge < -0.3 is 10.0 Å². The zero-order chi connectivity index (χ0) is 12.8. The molecule has 1 saturated heterocycles. The Morgan fingerprint density at radius 2 is 2.17 bits per heavy atom.